The first kappa shape index (κ1) is 11.1. The Morgan fingerprint density at radius 3 is 2.64 bits per heavy atom. The van der Waals surface area contributed by atoms with Gasteiger partial charge in [-0.2, -0.15) is 0 Å². The van der Waals surface area contributed by atoms with Crippen LogP contribution in [0.25, 0.3) is 0 Å². The van der Waals surface area contributed by atoms with Crippen molar-refractivity contribution in [1.82, 2.24) is 0 Å². The minimum absolute atomic E-state index is 0.892. The molecule has 0 aromatic heterocycles. The van der Waals surface area contributed by atoms with Gasteiger partial charge in [-0.1, -0.05) is 29.5 Å². The van der Waals surface area contributed by atoms with Crippen LogP contribution in [-0.2, 0) is 4.79 Å². The van der Waals surface area contributed by atoms with Crippen molar-refractivity contribution in [3.05, 3.63) is 29.3 Å². The molecule has 0 saturated carbocycles. The summed E-state index contributed by atoms with van der Waals surface area (Å²) in [5.41, 5.74) is 7.64. The Morgan fingerprint density at radius 1 is 1.50 bits per heavy atom. The summed E-state index contributed by atoms with van der Waals surface area (Å²) >= 11 is 1.17. The third-order valence-corrected chi connectivity index (χ3v) is 3.00. The molecule has 1 atom stereocenters. The number of carbonyl (C=O) groups is 1. The van der Waals surface area contributed by atoms with E-state index in [0.29, 0.717) is 0 Å². The number of aryl methyl sites for hydroxylation is 2. The van der Waals surface area contributed by atoms with Crippen LogP contribution < -0.4 is 5.73 Å². The fraction of sp³-hybridized carbons (Fsp3) is 0.300. The van der Waals surface area contributed by atoms with Gasteiger partial charge in [-0.3, -0.25) is 0 Å². The van der Waals surface area contributed by atoms with Crippen molar-refractivity contribution in [2.75, 3.05) is 0 Å². The normalized spacial score (nSPS) is 12.5. The van der Waals surface area contributed by atoms with Gasteiger partial charge in [-0.15, -0.1) is 0 Å². The number of rotatable bonds is 3. The smallest absolute Gasteiger partial charge is 0.331 e. The molecule has 4 heteroatoms. The summed E-state index contributed by atoms with van der Waals surface area (Å²) in [6.45, 7) is 3.95. The van der Waals surface area contributed by atoms with Gasteiger partial charge in [-0.05, 0) is 25.5 Å². The van der Waals surface area contributed by atoms with E-state index in [4.69, 9.17) is 10.8 Å². The lowest BCUT2D eigenvalue weighted by atomic mass is 10.2. The Bertz CT molecular complexity index is 352. The highest BCUT2D eigenvalue weighted by molar-refractivity contribution is 8.00. The zero-order valence-electron chi connectivity index (χ0n) is 8.15. The van der Waals surface area contributed by atoms with Crippen molar-refractivity contribution >= 4 is 17.7 Å². The van der Waals surface area contributed by atoms with Crippen LogP contribution in [0, 0.1) is 13.8 Å². The van der Waals surface area contributed by atoms with Crippen LogP contribution in [0.5, 0.6) is 0 Å². The Morgan fingerprint density at radius 2 is 2.14 bits per heavy atom. The highest BCUT2D eigenvalue weighted by Gasteiger charge is 2.13. The summed E-state index contributed by atoms with van der Waals surface area (Å²) in [6, 6.07) is 5.86. The number of aliphatic carboxylic acids is 1. The summed E-state index contributed by atoms with van der Waals surface area (Å²) in [4.78, 5) is 11.5. The van der Waals surface area contributed by atoms with Crippen LogP contribution in [0.1, 0.15) is 11.1 Å². The molecule has 0 radical (unpaired) electrons. The van der Waals surface area contributed by atoms with Gasteiger partial charge in [0.25, 0.3) is 0 Å². The Balaban J connectivity index is 2.82. The average molecular weight is 211 g/mol. The van der Waals surface area contributed by atoms with E-state index in [-0.39, 0.29) is 0 Å². The van der Waals surface area contributed by atoms with Crippen LogP contribution in [-0.4, -0.2) is 16.4 Å². The maximum Gasteiger partial charge on any atom is 0.331 e. The summed E-state index contributed by atoms with van der Waals surface area (Å²) in [7, 11) is 0. The maximum absolute atomic E-state index is 10.5. The second-order valence-electron chi connectivity index (χ2n) is 3.15. The summed E-state index contributed by atoms with van der Waals surface area (Å²) in [5.74, 6) is -0.991. The van der Waals surface area contributed by atoms with Crippen molar-refractivity contribution in [3.63, 3.8) is 0 Å². The third-order valence-electron chi connectivity index (χ3n) is 1.83. The predicted molar refractivity (Wildman–Crippen MR) is 57.4 cm³/mol. The van der Waals surface area contributed by atoms with Crippen LogP contribution in [0.4, 0.5) is 0 Å². The molecule has 0 aliphatic carbocycles. The standard InChI is InChI=1S/C10H13NO2S/c1-6-3-4-8(7(2)5-6)14-9(11)10(12)13/h3-5,9H,11H2,1-2H3,(H,12,13). The van der Waals surface area contributed by atoms with Gasteiger partial charge in [0.15, 0.2) is 5.37 Å². The minimum Gasteiger partial charge on any atom is -0.479 e. The first-order valence-electron chi connectivity index (χ1n) is 4.23. The molecule has 3 nitrogen and oxygen atoms in total. The molecule has 0 fully saturated rings. The average Bonchev–Trinajstić information content (AvgIpc) is 2.09. The van der Waals surface area contributed by atoms with Gasteiger partial charge in [0, 0.05) is 4.90 Å². The van der Waals surface area contributed by atoms with Crippen LogP contribution >= 0.6 is 11.8 Å². The lowest BCUT2D eigenvalue weighted by molar-refractivity contribution is -0.136. The molecule has 1 aromatic rings. The van der Waals surface area contributed by atoms with Crippen LogP contribution in [0.2, 0.25) is 0 Å². The van der Waals surface area contributed by atoms with Crippen molar-refractivity contribution in [2.45, 2.75) is 24.1 Å². The second-order valence-corrected chi connectivity index (χ2v) is 4.33. The Hall–Kier alpha value is -1.00. The van der Waals surface area contributed by atoms with Gasteiger partial charge < -0.3 is 10.8 Å². The zero-order valence-corrected chi connectivity index (χ0v) is 8.97. The van der Waals surface area contributed by atoms with Gasteiger partial charge in [0.2, 0.25) is 0 Å². The fourth-order valence-corrected chi connectivity index (χ4v) is 1.88. The molecule has 0 bridgehead atoms. The molecule has 1 rings (SSSR count). The quantitative estimate of drug-likeness (QED) is 0.590. The van der Waals surface area contributed by atoms with Crippen molar-refractivity contribution < 1.29 is 9.90 Å². The zero-order chi connectivity index (χ0) is 10.7. The minimum atomic E-state index is -0.991. The van der Waals surface area contributed by atoms with E-state index >= 15 is 0 Å². The fourth-order valence-electron chi connectivity index (χ4n) is 1.12. The van der Waals surface area contributed by atoms with E-state index in [1.807, 2.05) is 32.0 Å². The van der Waals surface area contributed by atoms with Gasteiger partial charge in [-0.25, -0.2) is 4.79 Å². The van der Waals surface area contributed by atoms with E-state index in [2.05, 4.69) is 0 Å². The summed E-state index contributed by atoms with van der Waals surface area (Å²) < 4.78 is 0. The van der Waals surface area contributed by atoms with E-state index in [9.17, 15) is 4.79 Å². The van der Waals surface area contributed by atoms with Gasteiger partial charge >= 0.3 is 5.97 Å². The molecule has 14 heavy (non-hydrogen) atoms. The van der Waals surface area contributed by atoms with Gasteiger partial charge in [0.1, 0.15) is 0 Å². The molecule has 0 aliphatic rings. The van der Waals surface area contributed by atoms with Crippen molar-refractivity contribution in [3.8, 4) is 0 Å². The topological polar surface area (TPSA) is 63.3 Å². The second kappa shape index (κ2) is 4.48. The molecule has 0 saturated heterocycles. The van der Waals surface area contributed by atoms with E-state index in [0.717, 1.165) is 16.0 Å². The maximum atomic E-state index is 10.5. The first-order valence-corrected chi connectivity index (χ1v) is 5.11. The highest BCUT2D eigenvalue weighted by atomic mass is 32.2. The van der Waals surface area contributed by atoms with E-state index in [1.54, 1.807) is 0 Å². The SMILES string of the molecule is Cc1ccc(SC(N)C(=O)O)c(C)c1. The number of hydrogen-bond donors (Lipinski definition) is 2. The van der Waals surface area contributed by atoms with Crippen LogP contribution in [0.15, 0.2) is 23.1 Å². The monoisotopic (exact) mass is 211 g/mol. The Labute approximate surface area is 87.3 Å². The molecule has 0 spiro atoms. The lowest BCUT2D eigenvalue weighted by Crippen LogP contribution is -2.26. The van der Waals surface area contributed by atoms with Gasteiger partial charge in [0.05, 0.1) is 0 Å². The first-order chi connectivity index (χ1) is 6.50. The van der Waals surface area contributed by atoms with Crippen molar-refractivity contribution in [2.24, 2.45) is 5.73 Å². The highest BCUT2D eigenvalue weighted by Crippen LogP contribution is 2.25. The molecule has 3 N–H and O–H groups in total. The lowest BCUT2D eigenvalue weighted by Gasteiger charge is -2.09. The molecule has 1 unspecified atom stereocenters. The number of carboxylic acids is 1. The van der Waals surface area contributed by atoms with E-state index in [1.165, 1.54) is 11.8 Å². The third kappa shape index (κ3) is 2.75. The summed E-state index contributed by atoms with van der Waals surface area (Å²) in [5, 5.41) is 7.75. The van der Waals surface area contributed by atoms with Crippen LogP contribution in [0.3, 0.4) is 0 Å². The molecule has 76 valence electrons. The predicted octanol–water partition coefficient (Wildman–Crippen LogP) is 1.76. The molecular weight excluding hydrogens is 198 g/mol. The molecule has 0 aliphatic heterocycles. The largest absolute Gasteiger partial charge is 0.479 e. The van der Waals surface area contributed by atoms with Crippen molar-refractivity contribution in [1.29, 1.82) is 0 Å². The summed E-state index contributed by atoms with van der Waals surface area (Å²) in [6.07, 6.45) is 0. The number of carboxylic acid groups (broad SMARTS) is 1. The molecule has 1 aromatic carbocycles. The number of nitrogens with two attached hydrogens (primary N) is 1. The molecular formula is C10H13NO2S. The number of thioether (sulfide) groups is 1. The molecule has 0 heterocycles. The van der Waals surface area contributed by atoms with E-state index < -0.39 is 11.3 Å². The Kier molecular flexibility index (Phi) is 3.55. The number of benzene rings is 1. The number of hydrogen-bond acceptors (Lipinski definition) is 3. The molecule has 0 amide bonds.